The highest BCUT2D eigenvalue weighted by Crippen LogP contribution is 2.19. The van der Waals surface area contributed by atoms with Crippen LogP contribution in [-0.2, 0) is 16.0 Å². The standard InChI is InChI=1S/C18H26N2O2S/c21-18(13-16-5-2-1-3-6-16)20-7-4-12-23-15-17(20)14-19-8-10-22-11-9-19/h1-3,5-6,17H,4,7-15H2. The van der Waals surface area contributed by atoms with Crippen molar-refractivity contribution in [2.24, 2.45) is 0 Å². The lowest BCUT2D eigenvalue weighted by atomic mass is 10.1. The van der Waals surface area contributed by atoms with Crippen LogP contribution in [0.4, 0.5) is 0 Å². The van der Waals surface area contributed by atoms with Crippen LogP contribution in [0.5, 0.6) is 0 Å². The number of carbonyl (C=O) groups is 1. The monoisotopic (exact) mass is 334 g/mol. The summed E-state index contributed by atoms with van der Waals surface area (Å²) in [5, 5.41) is 0. The van der Waals surface area contributed by atoms with Gasteiger partial charge >= 0.3 is 0 Å². The quantitative estimate of drug-likeness (QED) is 0.842. The van der Waals surface area contributed by atoms with E-state index in [4.69, 9.17) is 4.74 Å². The van der Waals surface area contributed by atoms with Gasteiger partial charge in [0.05, 0.1) is 25.7 Å². The van der Waals surface area contributed by atoms with E-state index in [1.807, 2.05) is 42.1 Å². The first-order valence-corrected chi connectivity index (χ1v) is 9.69. The number of ether oxygens (including phenoxy) is 1. The van der Waals surface area contributed by atoms with Gasteiger partial charge in [0, 0.05) is 31.9 Å². The summed E-state index contributed by atoms with van der Waals surface area (Å²) in [4.78, 5) is 17.4. The highest BCUT2D eigenvalue weighted by molar-refractivity contribution is 7.99. The lowest BCUT2D eigenvalue weighted by Gasteiger charge is -2.35. The molecule has 1 aromatic carbocycles. The molecule has 1 unspecified atom stereocenters. The third-order valence-corrected chi connectivity index (χ3v) is 5.73. The van der Waals surface area contributed by atoms with Gasteiger partial charge in [0.25, 0.3) is 0 Å². The van der Waals surface area contributed by atoms with Crippen molar-refractivity contribution in [3.8, 4) is 0 Å². The van der Waals surface area contributed by atoms with Gasteiger partial charge in [-0.2, -0.15) is 11.8 Å². The van der Waals surface area contributed by atoms with Crippen LogP contribution in [0.25, 0.3) is 0 Å². The number of carbonyl (C=O) groups excluding carboxylic acids is 1. The van der Waals surface area contributed by atoms with Crippen LogP contribution in [0, 0.1) is 0 Å². The second kappa shape index (κ2) is 8.71. The van der Waals surface area contributed by atoms with Crippen molar-refractivity contribution in [2.45, 2.75) is 18.9 Å². The Morgan fingerprint density at radius 2 is 1.96 bits per heavy atom. The molecule has 0 saturated carbocycles. The Labute approximate surface area is 143 Å². The van der Waals surface area contributed by atoms with Crippen molar-refractivity contribution in [3.63, 3.8) is 0 Å². The first-order valence-electron chi connectivity index (χ1n) is 8.54. The minimum Gasteiger partial charge on any atom is -0.379 e. The fourth-order valence-corrected chi connectivity index (χ4v) is 4.32. The van der Waals surface area contributed by atoms with Gasteiger partial charge < -0.3 is 9.64 Å². The Hall–Kier alpha value is -1.04. The summed E-state index contributed by atoms with van der Waals surface area (Å²) in [6.45, 7) is 5.49. The van der Waals surface area contributed by atoms with Gasteiger partial charge in [-0.3, -0.25) is 9.69 Å². The van der Waals surface area contributed by atoms with Crippen molar-refractivity contribution in [1.82, 2.24) is 9.80 Å². The molecule has 0 aliphatic carbocycles. The normalized spacial score (nSPS) is 23.5. The fraction of sp³-hybridized carbons (Fsp3) is 0.611. The maximum absolute atomic E-state index is 12.8. The van der Waals surface area contributed by atoms with E-state index in [2.05, 4.69) is 9.80 Å². The van der Waals surface area contributed by atoms with Crippen molar-refractivity contribution < 1.29 is 9.53 Å². The van der Waals surface area contributed by atoms with E-state index < -0.39 is 0 Å². The number of amides is 1. The molecule has 1 atom stereocenters. The Morgan fingerprint density at radius 1 is 1.17 bits per heavy atom. The van der Waals surface area contributed by atoms with Gasteiger partial charge in [0.1, 0.15) is 0 Å². The molecule has 126 valence electrons. The van der Waals surface area contributed by atoms with Gasteiger partial charge in [-0.15, -0.1) is 0 Å². The molecular formula is C18H26N2O2S. The third kappa shape index (κ3) is 4.96. The van der Waals surface area contributed by atoms with Crippen LogP contribution in [0.1, 0.15) is 12.0 Å². The number of benzene rings is 1. The van der Waals surface area contributed by atoms with Gasteiger partial charge in [-0.05, 0) is 17.7 Å². The van der Waals surface area contributed by atoms with E-state index in [9.17, 15) is 4.79 Å². The zero-order chi connectivity index (χ0) is 15.9. The molecule has 0 N–H and O–H groups in total. The molecule has 2 aliphatic heterocycles. The molecule has 1 aromatic rings. The predicted octanol–water partition coefficient (Wildman–Crippen LogP) is 1.90. The molecule has 0 bridgehead atoms. The van der Waals surface area contributed by atoms with Gasteiger partial charge in [-0.1, -0.05) is 30.3 Å². The smallest absolute Gasteiger partial charge is 0.227 e. The number of morpholine rings is 1. The lowest BCUT2D eigenvalue weighted by molar-refractivity contribution is -0.132. The summed E-state index contributed by atoms with van der Waals surface area (Å²) in [6.07, 6.45) is 1.62. The summed E-state index contributed by atoms with van der Waals surface area (Å²) < 4.78 is 5.44. The van der Waals surface area contributed by atoms with Crippen LogP contribution in [0.3, 0.4) is 0 Å². The average Bonchev–Trinajstić information content (AvgIpc) is 2.82. The molecule has 4 nitrogen and oxygen atoms in total. The van der Waals surface area contributed by atoms with Gasteiger partial charge in [0.15, 0.2) is 0 Å². The Morgan fingerprint density at radius 3 is 2.74 bits per heavy atom. The van der Waals surface area contributed by atoms with Crippen LogP contribution in [0.15, 0.2) is 30.3 Å². The highest BCUT2D eigenvalue weighted by atomic mass is 32.2. The second-order valence-corrected chi connectivity index (χ2v) is 7.39. The zero-order valence-corrected chi connectivity index (χ0v) is 14.5. The predicted molar refractivity (Wildman–Crippen MR) is 94.8 cm³/mol. The van der Waals surface area contributed by atoms with E-state index in [1.54, 1.807) is 0 Å². The molecular weight excluding hydrogens is 308 g/mol. The molecule has 23 heavy (non-hydrogen) atoms. The van der Waals surface area contributed by atoms with Gasteiger partial charge in [0.2, 0.25) is 5.91 Å². The molecule has 0 radical (unpaired) electrons. The van der Waals surface area contributed by atoms with E-state index in [0.717, 1.165) is 62.9 Å². The number of thioether (sulfide) groups is 1. The van der Waals surface area contributed by atoms with Crippen LogP contribution >= 0.6 is 11.8 Å². The van der Waals surface area contributed by atoms with E-state index in [1.165, 1.54) is 0 Å². The summed E-state index contributed by atoms with van der Waals surface area (Å²) in [6, 6.07) is 10.4. The molecule has 2 saturated heterocycles. The van der Waals surface area contributed by atoms with Crippen molar-refractivity contribution in [1.29, 1.82) is 0 Å². The van der Waals surface area contributed by atoms with Crippen LogP contribution < -0.4 is 0 Å². The molecule has 1 amide bonds. The number of nitrogens with zero attached hydrogens (tertiary/aromatic N) is 2. The van der Waals surface area contributed by atoms with Crippen molar-refractivity contribution in [2.75, 3.05) is 50.9 Å². The molecule has 2 fully saturated rings. The summed E-state index contributed by atoms with van der Waals surface area (Å²) >= 11 is 1.99. The van der Waals surface area contributed by atoms with E-state index in [0.29, 0.717) is 12.5 Å². The Balaban J connectivity index is 1.63. The maximum Gasteiger partial charge on any atom is 0.227 e. The first-order chi connectivity index (χ1) is 11.3. The average molecular weight is 334 g/mol. The van der Waals surface area contributed by atoms with Crippen LogP contribution in [-0.4, -0.2) is 72.6 Å². The van der Waals surface area contributed by atoms with E-state index in [-0.39, 0.29) is 5.91 Å². The first kappa shape index (κ1) is 16.8. The summed E-state index contributed by atoms with van der Waals surface area (Å²) in [5.74, 6) is 2.49. The minimum atomic E-state index is 0.275. The summed E-state index contributed by atoms with van der Waals surface area (Å²) in [7, 11) is 0. The Kier molecular flexibility index (Phi) is 6.37. The lowest BCUT2D eigenvalue weighted by Crippen LogP contribution is -2.50. The molecule has 5 heteroatoms. The number of rotatable bonds is 4. The minimum absolute atomic E-state index is 0.275. The summed E-state index contributed by atoms with van der Waals surface area (Å²) in [5.41, 5.74) is 1.11. The largest absolute Gasteiger partial charge is 0.379 e. The number of hydrogen-bond acceptors (Lipinski definition) is 4. The molecule has 2 aliphatic rings. The Bertz CT molecular complexity index is 491. The zero-order valence-electron chi connectivity index (χ0n) is 13.7. The molecule has 0 aromatic heterocycles. The highest BCUT2D eigenvalue weighted by Gasteiger charge is 2.27. The molecule has 0 spiro atoms. The third-order valence-electron chi connectivity index (χ3n) is 4.53. The second-order valence-electron chi connectivity index (χ2n) is 6.24. The fourth-order valence-electron chi connectivity index (χ4n) is 3.26. The van der Waals surface area contributed by atoms with Crippen molar-refractivity contribution >= 4 is 17.7 Å². The van der Waals surface area contributed by atoms with E-state index >= 15 is 0 Å². The maximum atomic E-state index is 12.8. The topological polar surface area (TPSA) is 32.8 Å². The van der Waals surface area contributed by atoms with Crippen LogP contribution in [0.2, 0.25) is 0 Å². The number of hydrogen-bond donors (Lipinski definition) is 0. The van der Waals surface area contributed by atoms with Crippen molar-refractivity contribution in [3.05, 3.63) is 35.9 Å². The molecule has 3 rings (SSSR count). The molecule has 2 heterocycles. The van der Waals surface area contributed by atoms with Gasteiger partial charge in [-0.25, -0.2) is 0 Å². The SMILES string of the molecule is O=C(Cc1ccccc1)N1CCCSCC1CN1CCOCC1.